The molecule has 0 aromatic heterocycles. The second-order valence-corrected chi connectivity index (χ2v) is 4.97. The van der Waals surface area contributed by atoms with Crippen molar-refractivity contribution in [2.45, 2.75) is 13.1 Å². The minimum absolute atomic E-state index is 0.0656. The van der Waals surface area contributed by atoms with Gasteiger partial charge in [-0.05, 0) is 30.7 Å². The minimum Gasteiger partial charge on any atom is -0.327 e. The van der Waals surface area contributed by atoms with E-state index in [1.807, 2.05) is 19.1 Å². The number of benzene rings is 2. The summed E-state index contributed by atoms with van der Waals surface area (Å²) in [7, 11) is 0. The third kappa shape index (κ3) is 4.78. The van der Waals surface area contributed by atoms with E-state index in [0.29, 0.717) is 5.69 Å². The Morgan fingerprint density at radius 3 is 2.46 bits per heavy atom. The summed E-state index contributed by atoms with van der Waals surface area (Å²) >= 11 is 0. The van der Waals surface area contributed by atoms with Gasteiger partial charge in [-0.3, -0.25) is 0 Å². The third-order valence-electron chi connectivity index (χ3n) is 3.19. The number of para-hydroxylation sites is 1. The van der Waals surface area contributed by atoms with Gasteiger partial charge in [-0.1, -0.05) is 42.2 Å². The molecule has 0 saturated heterocycles. The molecule has 0 bridgehead atoms. The number of hydrogen-bond donors (Lipinski definition) is 2. The molecule has 0 unspecified atom stereocenters. The molecule has 2 rings (SSSR count). The number of rotatable bonds is 2. The smallest absolute Gasteiger partial charge is 0.327 e. The monoisotopic (exact) mass is 332 g/mol. The van der Waals surface area contributed by atoms with Crippen molar-refractivity contribution in [2.24, 2.45) is 0 Å². The molecule has 0 spiro atoms. The van der Waals surface area contributed by atoms with E-state index in [1.165, 1.54) is 18.2 Å². The minimum atomic E-state index is -4.46. The standard InChI is InChI=1S/C18H15F3N2O/c1-13-7-2-5-11-16(13)23-17(24)22-12-6-9-14-8-3-4-10-15(14)18(19,20)21/h2-5,7-8,10-11H,12H2,1H3,(H2,22,23,24). The number of urea groups is 1. The van der Waals surface area contributed by atoms with E-state index in [0.717, 1.165) is 11.6 Å². The van der Waals surface area contributed by atoms with Crippen LogP contribution < -0.4 is 10.6 Å². The van der Waals surface area contributed by atoms with Gasteiger partial charge in [0, 0.05) is 11.3 Å². The zero-order chi connectivity index (χ0) is 17.6. The molecule has 2 amide bonds. The molecule has 3 nitrogen and oxygen atoms in total. The molecule has 2 N–H and O–H groups in total. The van der Waals surface area contributed by atoms with Crippen LogP contribution in [0.5, 0.6) is 0 Å². The molecule has 6 heteroatoms. The lowest BCUT2D eigenvalue weighted by Crippen LogP contribution is -2.29. The van der Waals surface area contributed by atoms with Gasteiger partial charge in [-0.25, -0.2) is 4.79 Å². The van der Waals surface area contributed by atoms with Crippen molar-refractivity contribution in [1.82, 2.24) is 5.32 Å². The van der Waals surface area contributed by atoms with E-state index < -0.39 is 17.8 Å². The Morgan fingerprint density at radius 2 is 1.75 bits per heavy atom. The highest BCUT2D eigenvalue weighted by Gasteiger charge is 2.32. The molecule has 0 saturated carbocycles. The van der Waals surface area contributed by atoms with Crippen LogP contribution in [0.4, 0.5) is 23.7 Å². The van der Waals surface area contributed by atoms with Crippen molar-refractivity contribution >= 4 is 11.7 Å². The highest BCUT2D eigenvalue weighted by molar-refractivity contribution is 5.90. The first-order valence-electron chi connectivity index (χ1n) is 7.13. The van der Waals surface area contributed by atoms with Gasteiger partial charge in [0.25, 0.3) is 0 Å². The number of amides is 2. The maximum absolute atomic E-state index is 12.8. The molecule has 0 aliphatic rings. The van der Waals surface area contributed by atoms with E-state index in [4.69, 9.17) is 0 Å². The van der Waals surface area contributed by atoms with E-state index in [2.05, 4.69) is 22.5 Å². The maximum atomic E-state index is 12.8. The number of nitrogens with one attached hydrogen (secondary N) is 2. The fraction of sp³-hybridized carbons (Fsp3) is 0.167. The molecule has 24 heavy (non-hydrogen) atoms. The maximum Gasteiger partial charge on any atom is 0.417 e. The summed E-state index contributed by atoms with van der Waals surface area (Å²) in [5.41, 5.74) is 0.649. The molecule has 2 aromatic carbocycles. The van der Waals surface area contributed by atoms with E-state index in [1.54, 1.807) is 12.1 Å². The number of hydrogen-bond acceptors (Lipinski definition) is 1. The Hall–Kier alpha value is -2.94. The van der Waals surface area contributed by atoms with Gasteiger partial charge in [-0.2, -0.15) is 13.2 Å². The highest BCUT2D eigenvalue weighted by atomic mass is 19.4. The van der Waals surface area contributed by atoms with Gasteiger partial charge >= 0.3 is 12.2 Å². The third-order valence-corrected chi connectivity index (χ3v) is 3.19. The van der Waals surface area contributed by atoms with Gasteiger partial charge in [-0.15, -0.1) is 0 Å². The van der Waals surface area contributed by atoms with E-state index >= 15 is 0 Å². The van der Waals surface area contributed by atoms with Crippen molar-refractivity contribution in [2.75, 3.05) is 11.9 Å². The van der Waals surface area contributed by atoms with Crippen molar-refractivity contribution in [3.8, 4) is 11.8 Å². The van der Waals surface area contributed by atoms with Gasteiger partial charge < -0.3 is 10.6 Å². The van der Waals surface area contributed by atoms with Crippen LogP contribution in [0.3, 0.4) is 0 Å². The largest absolute Gasteiger partial charge is 0.417 e. The van der Waals surface area contributed by atoms with Gasteiger partial charge in [0.2, 0.25) is 0 Å². The summed E-state index contributed by atoms with van der Waals surface area (Å²) in [4.78, 5) is 11.7. The van der Waals surface area contributed by atoms with Gasteiger partial charge in [0.05, 0.1) is 12.1 Å². The molecule has 0 aliphatic carbocycles. The fourth-order valence-electron chi connectivity index (χ4n) is 1.98. The first-order chi connectivity index (χ1) is 11.4. The first-order valence-corrected chi connectivity index (χ1v) is 7.13. The van der Waals surface area contributed by atoms with Crippen LogP contribution in [0, 0.1) is 18.8 Å². The SMILES string of the molecule is Cc1ccccc1NC(=O)NCC#Cc1ccccc1C(F)(F)F. The molecular weight excluding hydrogens is 317 g/mol. The molecule has 0 heterocycles. The molecule has 2 aromatic rings. The first kappa shape index (κ1) is 17.4. The Labute approximate surface area is 137 Å². The summed E-state index contributed by atoms with van der Waals surface area (Å²) in [6.07, 6.45) is -4.46. The van der Waals surface area contributed by atoms with Crippen molar-refractivity contribution < 1.29 is 18.0 Å². The molecule has 0 fully saturated rings. The summed E-state index contributed by atoms with van der Waals surface area (Å²) in [6.45, 7) is 1.79. The topological polar surface area (TPSA) is 41.1 Å². The quantitative estimate of drug-likeness (QED) is 0.796. The fourth-order valence-corrected chi connectivity index (χ4v) is 1.98. The summed E-state index contributed by atoms with van der Waals surface area (Å²) in [6, 6.07) is 11.8. The van der Waals surface area contributed by atoms with Crippen molar-refractivity contribution in [3.05, 3.63) is 65.2 Å². The Bertz CT molecular complexity index is 789. The number of carbonyl (C=O) groups excluding carboxylic acids is 1. The predicted octanol–water partition coefficient (Wildman–Crippen LogP) is 4.19. The van der Waals surface area contributed by atoms with E-state index in [9.17, 15) is 18.0 Å². The van der Waals surface area contributed by atoms with Crippen LogP contribution in [-0.2, 0) is 6.18 Å². The Morgan fingerprint density at radius 1 is 1.08 bits per heavy atom. The molecular formula is C18H15F3N2O. The highest BCUT2D eigenvalue weighted by Crippen LogP contribution is 2.31. The Balaban J connectivity index is 1.95. The van der Waals surface area contributed by atoms with Crippen molar-refractivity contribution in [3.63, 3.8) is 0 Å². The average molecular weight is 332 g/mol. The number of halogens is 3. The van der Waals surface area contributed by atoms with Crippen LogP contribution in [0.1, 0.15) is 16.7 Å². The van der Waals surface area contributed by atoms with Crippen LogP contribution in [0.25, 0.3) is 0 Å². The van der Waals surface area contributed by atoms with Gasteiger partial charge in [0.15, 0.2) is 0 Å². The zero-order valence-corrected chi connectivity index (χ0v) is 12.9. The predicted molar refractivity (Wildman–Crippen MR) is 86.5 cm³/mol. The van der Waals surface area contributed by atoms with Crippen LogP contribution in [-0.4, -0.2) is 12.6 Å². The molecule has 0 atom stereocenters. The Kier molecular flexibility index (Phi) is 5.48. The lowest BCUT2D eigenvalue weighted by Gasteiger charge is -2.08. The van der Waals surface area contributed by atoms with E-state index in [-0.39, 0.29) is 12.1 Å². The van der Waals surface area contributed by atoms with Crippen molar-refractivity contribution in [1.29, 1.82) is 0 Å². The second kappa shape index (κ2) is 7.55. The second-order valence-electron chi connectivity index (χ2n) is 4.97. The average Bonchev–Trinajstić information content (AvgIpc) is 2.53. The van der Waals surface area contributed by atoms with Crippen LogP contribution >= 0.6 is 0 Å². The number of alkyl halides is 3. The molecule has 124 valence electrons. The molecule has 0 aliphatic heterocycles. The summed E-state index contributed by atoms with van der Waals surface area (Å²) < 4.78 is 38.5. The summed E-state index contributed by atoms with van der Waals surface area (Å²) in [5, 5.41) is 5.13. The van der Waals surface area contributed by atoms with Gasteiger partial charge in [0.1, 0.15) is 0 Å². The summed E-state index contributed by atoms with van der Waals surface area (Å²) in [5.74, 6) is 4.96. The zero-order valence-electron chi connectivity index (χ0n) is 12.9. The number of aryl methyl sites for hydroxylation is 1. The van der Waals surface area contributed by atoms with Crippen LogP contribution in [0.15, 0.2) is 48.5 Å². The number of carbonyl (C=O) groups is 1. The lowest BCUT2D eigenvalue weighted by molar-refractivity contribution is -0.137. The lowest BCUT2D eigenvalue weighted by atomic mass is 10.1. The number of anilines is 1. The van der Waals surface area contributed by atoms with Crippen LogP contribution in [0.2, 0.25) is 0 Å². The molecule has 0 radical (unpaired) electrons. The normalized spacial score (nSPS) is 10.5.